The average Bonchev–Trinajstić information content (AvgIpc) is 3.02. The molecular formula is C19H25N3O4S. The van der Waals surface area contributed by atoms with E-state index in [1.54, 1.807) is 10.4 Å². The maximum Gasteiger partial charge on any atom is 0.308 e. The zero-order valence-electron chi connectivity index (χ0n) is 15.7. The highest BCUT2D eigenvalue weighted by molar-refractivity contribution is 7.11. The molecule has 8 heteroatoms. The van der Waals surface area contributed by atoms with Gasteiger partial charge in [0.2, 0.25) is 5.91 Å². The summed E-state index contributed by atoms with van der Waals surface area (Å²) in [5.74, 6) is -1.26. The SMILES string of the molecule is CC1(C)C[C@@H]1C(=O)N1CCC2(CC1)CN(C(=O)c1cncs1)CC2C(=O)O. The Labute approximate surface area is 162 Å². The van der Waals surface area contributed by atoms with E-state index >= 15 is 0 Å². The van der Waals surface area contributed by atoms with Gasteiger partial charge in [0, 0.05) is 37.5 Å². The Morgan fingerprint density at radius 2 is 1.85 bits per heavy atom. The lowest BCUT2D eigenvalue weighted by atomic mass is 9.71. The third-order valence-electron chi connectivity index (χ3n) is 6.76. The largest absolute Gasteiger partial charge is 0.481 e. The summed E-state index contributed by atoms with van der Waals surface area (Å²) in [5.41, 5.74) is 1.26. The Balaban J connectivity index is 1.46. The van der Waals surface area contributed by atoms with Crippen molar-refractivity contribution in [3.8, 4) is 0 Å². The molecule has 1 saturated carbocycles. The molecule has 1 aromatic rings. The van der Waals surface area contributed by atoms with Crippen molar-refractivity contribution in [2.75, 3.05) is 26.2 Å². The second-order valence-corrected chi connectivity index (χ2v) is 9.76. The lowest BCUT2D eigenvalue weighted by Crippen LogP contribution is -2.48. The van der Waals surface area contributed by atoms with Crippen molar-refractivity contribution in [2.45, 2.75) is 33.1 Å². The molecule has 2 amide bonds. The van der Waals surface area contributed by atoms with Gasteiger partial charge in [-0.1, -0.05) is 13.8 Å². The standard InChI is InChI=1S/C19H25N3O4S/c1-18(2)7-12(18)15(23)21-5-3-19(4-6-21)10-22(9-13(19)17(25)26)16(24)14-8-20-11-27-14/h8,11-13H,3-7,9-10H2,1-2H3,(H,25,26)/t12-,13?/m1/s1. The Hall–Kier alpha value is -1.96. The molecule has 7 nitrogen and oxygen atoms in total. The molecule has 1 aliphatic carbocycles. The van der Waals surface area contributed by atoms with Crippen LogP contribution in [0.25, 0.3) is 0 Å². The molecule has 3 aliphatic rings. The molecule has 2 aliphatic heterocycles. The molecule has 1 aromatic heterocycles. The minimum absolute atomic E-state index is 0.0984. The van der Waals surface area contributed by atoms with Crippen molar-refractivity contribution in [3.63, 3.8) is 0 Å². The van der Waals surface area contributed by atoms with Crippen LogP contribution in [0.3, 0.4) is 0 Å². The number of aromatic nitrogens is 1. The number of carbonyl (C=O) groups is 3. The molecule has 3 fully saturated rings. The van der Waals surface area contributed by atoms with Gasteiger partial charge in [0.1, 0.15) is 4.88 Å². The van der Waals surface area contributed by atoms with Crippen molar-refractivity contribution >= 4 is 29.1 Å². The fraction of sp³-hybridized carbons (Fsp3) is 0.684. The molecule has 0 bridgehead atoms. The second-order valence-electron chi connectivity index (χ2n) is 8.88. The van der Waals surface area contributed by atoms with E-state index in [1.807, 2.05) is 4.90 Å². The lowest BCUT2D eigenvalue weighted by Gasteiger charge is -2.41. The molecule has 0 radical (unpaired) electrons. The summed E-state index contributed by atoms with van der Waals surface area (Å²) in [5, 5.41) is 9.77. The predicted molar refractivity (Wildman–Crippen MR) is 99.3 cm³/mol. The molecule has 1 spiro atoms. The van der Waals surface area contributed by atoms with E-state index in [2.05, 4.69) is 18.8 Å². The van der Waals surface area contributed by atoms with Gasteiger partial charge in [-0.2, -0.15) is 0 Å². The first-order valence-corrected chi connectivity index (χ1v) is 10.3. The minimum atomic E-state index is -0.849. The molecule has 4 rings (SSSR count). The van der Waals surface area contributed by atoms with Gasteiger partial charge in [-0.15, -0.1) is 11.3 Å². The van der Waals surface area contributed by atoms with Crippen LogP contribution in [-0.4, -0.2) is 63.9 Å². The van der Waals surface area contributed by atoms with Crippen molar-refractivity contribution in [1.82, 2.24) is 14.8 Å². The number of hydrogen-bond acceptors (Lipinski definition) is 5. The summed E-state index contributed by atoms with van der Waals surface area (Å²) in [6.45, 7) is 6.06. The van der Waals surface area contributed by atoms with Crippen LogP contribution in [0.15, 0.2) is 11.7 Å². The first-order valence-electron chi connectivity index (χ1n) is 9.43. The summed E-state index contributed by atoms with van der Waals surface area (Å²) < 4.78 is 0. The lowest BCUT2D eigenvalue weighted by molar-refractivity contribution is -0.146. The highest BCUT2D eigenvalue weighted by Crippen LogP contribution is 2.53. The van der Waals surface area contributed by atoms with E-state index in [-0.39, 0.29) is 29.7 Å². The van der Waals surface area contributed by atoms with Crippen LogP contribution in [0, 0.1) is 22.7 Å². The number of rotatable bonds is 3. The summed E-state index contributed by atoms with van der Waals surface area (Å²) in [7, 11) is 0. The Bertz CT molecular complexity index is 768. The molecule has 2 atom stereocenters. The van der Waals surface area contributed by atoms with Crippen LogP contribution in [0.2, 0.25) is 0 Å². The molecule has 1 unspecified atom stereocenters. The molecular weight excluding hydrogens is 366 g/mol. The fourth-order valence-electron chi connectivity index (χ4n) is 4.73. The van der Waals surface area contributed by atoms with Crippen LogP contribution in [0.1, 0.15) is 42.8 Å². The van der Waals surface area contributed by atoms with Crippen LogP contribution in [-0.2, 0) is 9.59 Å². The predicted octanol–water partition coefficient (Wildman–Crippen LogP) is 1.95. The van der Waals surface area contributed by atoms with Crippen molar-refractivity contribution < 1.29 is 19.5 Å². The van der Waals surface area contributed by atoms with Gasteiger partial charge in [0.05, 0.1) is 17.6 Å². The Morgan fingerprint density at radius 3 is 2.37 bits per heavy atom. The summed E-state index contributed by atoms with van der Waals surface area (Å²) in [4.78, 5) is 45.3. The highest BCUT2D eigenvalue weighted by atomic mass is 32.1. The molecule has 1 N–H and O–H groups in total. The maximum atomic E-state index is 12.7. The Morgan fingerprint density at radius 1 is 1.19 bits per heavy atom. The zero-order chi connectivity index (χ0) is 19.4. The van der Waals surface area contributed by atoms with E-state index in [0.29, 0.717) is 37.4 Å². The number of nitrogens with zero attached hydrogens (tertiary/aromatic N) is 3. The highest BCUT2D eigenvalue weighted by Gasteiger charge is 2.56. The monoisotopic (exact) mass is 391 g/mol. The maximum absolute atomic E-state index is 12.7. The van der Waals surface area contributed by atoms with Gasteiger partial charge in [0.15, 0.2) is 0 Å². The van der Waals surface area contributed by atoms with E-state index in [1.165, 1.54) is 17.5 Å². The van der Waals surface area contributed by atoms with Gasteiger partial charge in [-0.25, -0.2) is 0 Å². The van der Waals surface area contributed by atoms with Gasteiger partial charge in [-0.3, -0.25) is 19.4 Å². The van der Waals surface area contributed by atoms with Crippen LogP contribution < -0.4 is 0 Å². The third kappa shape index (κ3) is 3.13. The number of amides is 2. The summed E-state index contributed by atoms with van der Waals surface area (Å²) in [6.07, 6.45) is 3.74. The first-order chi connectivity index (χ1) is 12.7. The fourth-order valence-corrected chi connectivity index (χ4v) is 5.32. The van der Waals surface area contributed by atoms with Crippen LogP contribution >= 0.6 is 11.3 Å². The third-order valence-corrected chi connectivity index (χ3v) is 7.52. The molecule has 0 aromatic carbocycles. The zero-order valence-corrected chi connectivity index (χ0v) is 16.5. The summed E-state index contributed by atoms with van der Waals surface area (Å²) in [6, 6.07) is 0. The molecule has 3 heterocycles. The summed E-state index contributed by atoms with van der Waals surface area (Å²) >= 11 is 1.27. The van der Waals surface area contributed by atoms with E-state index in [0.717, 1.165) is 6.42 Å². The molecule has 27 heavy (non-hydrogen) atoms. The van der Waals surface area contributed by atoms with E-state index in [4.69, 9.17) is 0 Å². The molecule has 2 saturated heterocycles. The average molecular weight is 391 g/mol. The topological polar surface area (TPSA) is 90.8 Å². The molecule has 146 valence electrons. The van der Waals surface area contributed by atoms with Gasteiger partial charge in [-0.05, 0) is 24.7 Å². The second kappa shape index (κ2) is 6.29. The minimum Gasteiger partial charge on any atom is -0.481 e. The van der Waals surface area contributed by atoms with Crippen molar-refractivity contribution in [2.24, 2.45) is 22.7 Å². The smallest absolute Gasteiger partial charge is 0.308 e. The van der Waals surface area contributed by atoms with Gasteiger partial charge < -0.3 is 14.9 Å². The van der Waals surface area contributed by atoms with Crippen LogP contribution in [0.4, 0.5) is 0 Å². The number of carbonyl (C=O) groups excluding carboxylic acids is 2. The van der Waals surface area contributed by atoms with Gasteiger partial charge in [0.25, 0.3) is 5.91 Å². The quantitative estimate of drug-likeness (QED) is 0.850. The number of piperidine rings is 1. The van der Waals surface area contributed by atoms with Gasteiger partial charge >= 0.3 is 5.97 Å². The number of thiazole rings is 1. The van der Waals surface area contributed by atoms with E-state index < -0.39 is 17.3 Å². The number of carboxylic acids is 1. The van der Waals surface area contributed by atoms with Crippen molar-refractivity contribution in [1.29, 1.82) is 0 Å². The first kappa shape index (κ1) is 18.4. The number of aliphatic carboxylic acids is 1. The number of likely N-dealkylation sites (tertiary alicyclic amines) is 2. The number of hydrogen-bond donors (Lipinski definition) is 1. The Kier molecular flexibility index (Phi) is 4.29. The normalized spacial score (nSPS) is 28.4. The van der Waals surface area contributed by atoms with Crippen molar-refractivity contribution in [3.05, 3.63) is 16.6 Å². The van der Waals surface area contributed by atoms with Crippen LogP contribution in [0.5, 0.6) is 0 Å². The number of carboxylic acid groups (broad SMARTS) is 1. The van der Waals surface area contributed by atoms with E-state index in [9.17, 15) is 19.5 Å².